The fourth-order valence-electron chi connectivity index (χ4n) is 2.68. The van der Waals surface area contributed by atoms with Gasteiger partial charge >= 0.3 is 0 Å². The molecule has 0 heterocycles. The van der Waals surface area contributed by atoms with Crippen LogP contribution < -0.4 is 28.4 Å². The van der Waals surface area contributed by atoms with Crippen LogP contribution in [0.5, 0.6) is 34.5 Å². The molecule has 0 bridgehead atoms. The van der Waals surface area contributed by atoms with E-state index in [4.69, 9.17) is 33.8 Å². The Hall–Kier alpha value is -3.09. The van der Waals surface area contributed by atoms with Crippen LogP contribution in [-0.4, -0.2) is 48.4 Å². The van der Waals surface area contributed by atoms with Crippen molar-refractivity contribution in [1.29, 1.82) is 5.41 Å². The Morgan fingerprint density at radius 3 is 1.54 bits per heavy atom. The summed E-state index contributed by atoms with van der Waals surface area (Å²) in [6.45, 7) is 0. The summed E-state index contributed by atoms with van der Waals surface area (Å²) in [5.41, 5.74) is 1.33. The third-order valence-corrected chi connectivity index (χ3v) is 3.93. The number of ether oxygens (including phenoxy) is 6. The standard InChI is InChI=1S/C19H23NO6/c1-21-13-8-7-12(17(24-4)19(13)26-6)16(20)11-9-14(22-2)18(25-5)15(10-11)23-3/h7-10,20H,1-6H3. The van der Waals surface area contributed by atoms with Crippen molar-refractivity contribution in [2.75, 3.05) is 42.7 Å². The Labute approximate surface area is 152 Å². The van der Waals surface area contributed by atoms with Crippen LogP contribution in [-0.2, 0) is 0 Å². The monoisotopic (exact) mass is 361 g/mol. The van der Waals surface area contributed by atoms with E-state index in [1.807, 2.05) is 0 Å². The number of hydrogen-bond acceptors (Lipinski definition) is 7. The molecule has 26 heavy (non-hydrogen) atoms. The zero-order chi connectivity index (χ0) is 19.3. The van der Waals surface area contributed by atoms with Gasteiger partial charge in [-0.2, -0.15) is 0 Å². The second kappa shape index (κ2) is 8.33. The van der Waals surface area contributed by atoms with Crippen molar-refractivity contribution in [2.24, 2.45) is 0 Å². The minimum Gasteiger partial charge on any atom is -0.493 e. The molecule has 0 radical (unpaired) electrons. The highest BCUT2D eigenvalue weighted by Crippen LogP contribution is 2.42. The molecule has 2 rings (SSSR count). The molecule has 0 saturated carbocycles. The van der Waals surface area contributed by atoms with Crippen molar-refractivity contribution >= 4 is 5.71 Å². The van der Waals surface area contributed by atoms with Gasteiger partial charge in [-0.15, -0.1) is 0 Å². The van der Waals surface area contributed by atoms with E-state index >= 15 is 0 Å². The van der Waals surface area contributed by atoms with Gasteiger partial charge in [-0.1, -0.05) is 0 Å². The van der Waals surface area contributed by atoms with Crippen LogP contribution in [0.3, 0.4) is 0 Å². The molecule has 0 aliphatic carbocycles. The Kier molecular flexibility index (Phi) is 6.16. The van der Waals surface area contributed by atoms with E-state index in [2.05, 4.69) is 0 Å². The van der Waals surface area contributed by atoms with E-state index < -0.39 is 0 Å². The molecule has 1 N–H and O–H groups in total. The number of methoxy groups -OCH3 is 6. The Morgan fingerprint density at radius 2 is 1.12 bits per heavy atom. The van der Waals surface area contributed by atoms with Crippen LogP contribution in [0.15, 0.2) is 24.3 Å². The highest BCUT2D eigenvalue weighted by Gasteiger charge is 2.22. The number of nitrogens with one attached hydrogen (secondary N) is 1. The van der Waals surface area contributed by atoms with Crippen molar-refractivity contribution in [3.05, 3.63) is 35.4 Å². The molecule has 0 unspecified atom stereocenters. The smallest absolute Gasteiger partial charge is 0.203 e. The summed E-state index contributed by atoms with van der Waals surface area (Å²) in [5.74, 6) is 2.74. The van der Waals surface area contributed by atoms with Gasteiger partial charge in [0.05, 0.1) is 48.4 Å². The number of hydrogen-bond donors (Lipinski definition) is 1. The van der Waals surface area contributed by atoms with Crippen molar-refractivity contribution in [2.45, 2.75) is 0 Å². The molecule has 0 fully saturated rings. The van der Waals surface area contributed by atoms with Crippen molar-refractivity contribution < 1.29 is 28.4 Å². The first-order valence-corrected chi connectivity index (χ1v) is 7.74. The minimum atomic E-state index is 0.210. The molecule has 140 valence electrons. The highest BCUT2D eigenvalue weighted by atomic mass is 16.5. The lowest BCUT2D eigenvalue weighted by Gasteiger charge is -2.18. The molecule has 7 nitrogen and oxygen atoms in total. The van der Waals surface area contributed by atoms with Crippen molar-refractivity contribution in [1.82, 2.24) is 0 Å². The maximum atomic E-state index is 8.66. The number of rotatable bonds is 8. The molecule has 0 amide bonds. The molecule has 0 aliphatic heterocycles. The summed E-state index contributed by atoms with van der Waals surface area (Å²) in [4.78, 5) is 0. The van der Waals surface area contributed by atoms with Crippen LogP contribution >= 0.6 is 0 Å². The lowest BCUT2D eigenvalue weighted by Crippen LogP contribution is -2.07. The first kappa shape index (κ1) is 19.2. The van der Waals surface area contributed by atoms with Gasteiger partial charge in [-0.25, -0.2) is 0 Å². The predicted octanol–water partition coefficient (Wildman–Crippen LogP) is 3.15. The second-order valence-electron chi connectivity index (χ2n) is 5.17. The highest BCUT2D eigenvalue weighted by molar-refractivity contribution is 6.13. The summed E-state index contributed by atoms with van der Waals surface area (Å²) in [6, 6.07) is 6.88. The average molecular weight is 361 g/mol. The summed E-state index contributed by atoms with van der Waals surface area (Å²) in [5, 5.41) is 8.66. The zero-order valence-corrected chi connectivity index (χ0v) is 15.8. The summed E-state index contributed by atoms with van der Waals surface area (Å²) in [6.07, 6.45) is 0. The van der Waals surface area contributed by atoms with Gasteiger partial charge in [0.25, 0.3) is 0 Å². The van der Waals surface area contributed by atoms with Crippen LogP contribution in [0, 0.1) is 5.41 Å². The summed E-state index contributed by atoms with van der Waals surface area (Å²) in [7, 11) is 9.17. The Morgan fingerprint density at radius 1 is 0.615 bits per heavy atom. The summed E-state index contributed by atoms with van der Waals surface area (Å²) < 4.78 is 32.2. The molecule has 2 aromatic rings. The van der Waals surface area contributed by atoms with Gasteiger partial charge in [0, 0.05) is 11.1 Å². The largest absolute Gasteiger partial charge is 0.493 e. The van der Waals surface area contributed by atoms with E-state index in [0.29, 0.717) is 45.6 Å². The van der Waals surface area contributed by atoms with Gasteiger partial charge in [0.2, 0.25) is 11.5 Å². The molecule has 2 aromatic carbocycles. The normalized spacial score (nSPS) is 10.1. The SMILES string of the molecule is COc1cc(C(=N)c2ccc(OC)c(OC)c2OC)cc(OC)c1OC. The van der Waals surface area contributed by atoms with Crippen LogP contribution in [0.1, 0.15) is 11.1 Å². The molecular formula is C19H23NO6. The Balaban J connectivity index is 2.63. The zero-order valence-electron chi connectivity index (χ0n) is 15.8. The molecule has 0 aliphatic rings. The first-order valence-electron chi connectivity index (χ1n) is 7.74. The van der Waals surface area contributed by atoms with Crippen molar-refractivity contribution in [3.8, 4) is 34.5 Å². The van der Waals surface area contributed by atoms with E-state index in [-0.39, 0.29) is 5.71 Å². The topological polar surface area (TPSA) is 79.2 Å². The second-order valence-corrected chi connectivity index (χ2v) is 5.17. The minimum absolute atomic E-state index is 0.210. The van der Waals surface area contributed by atoms with Crippen LogP contribution in [0.25, 0.3) is 0 Å². The van der Waals surface area contributed by atoms with Crippen LogP contribution in [0.2, 0.25) is 0 Å². The lowest BCUT2D eigenvalue weighted by molar-refractivity contribution is 0.323. The average Bonchev–Trinajstić information content (AvgIpc) is 2.70. The lowest BCUT2D eigenvalue weighted by atomic mass is 9.99. The van der Waals surface area contributed by atoms with E-state index in [0.717, 1.165) is 0 Å². The van der Waals surface area contributed by atoms with E-state index in [1.54, 1.807) is 31.4 Å². The van der Waals surface area contributed by atoms with E-state index in [1.165, 1.54) is 35.5 Å². The maximum Gasteiger partial charge on any atom is 0.203 e. The molecule has 0 aromatic heterocycles. The maximum absolute atomic E-state index is 8.66. The molecule has 0 saturated heterocycles. The molecular weight excluding hydrogens is 338 g/mol. The Bertz CT molecular complexity index is 778. The quantitative estimate of drug-likeness (QED) is 0.728. The fourth-order valence-corrected chi connectivity index (χ4v) is 2.68. The van der Waals surface area contributed by atoms with Crippen molar-refractivity contribution in [3.63, 3.8) is 0 Å². The van der Waals surface area contributed by atoms with Gasteiger partial charge < -0.3 is 28.4 Å². The molecule has 0 atom stereocenters. The van der Waals surface area contributed by atoms with Gasteiger partial charge in [-0.3, -0.25) is 5.41 Å². The van der Waals surface area contributed by atoms with Gasteiger partial charge in [0.15, 0.2) is 23.0 Å². The molecule has 7 heteroatoms. The van der Waals surface area contributed by atoms with Crippen LogP contribution in [0.4, 0.5) is 0 Å². The summed E-state index contributed by atoms with van der Waals surface area (Å²) >= 11 is 0. The third kappa shape index (κ3) is 3.33. The van der Waals surface area contributed by atoms with E-state index in [9.17, 15) is 0 Å². The predicted molar refractivity (Wildman–Crippen MR) is 98.1 cm³/mol. The number of benzene rings is 2. The fraction of sp³-hybridized carbons (Fsp3) is 0.316. The molecule has 0 spiro atoms. The van der Waals surface area contributed by atoms with Gasteiger partial charge in [0.1, 0.15) is 0 Å². The first-order chi connectivity index (χ1) is 12.6. The third-order valence-electron chi connectivity index (χ3n) is 3.93. The van der Waals surface area contributed by atoms with Gasteiger partial charge in [-0.05, 0) is 24.3 Å².